The fraction of sp³-hybridized carbons (Fsp3) is 0.333. The predicted octanol–water partition coefficient (Wildman–Crippen LogP) is 4.71. The molecule has 0 radical (unpaired) electrons. The molecular weight excluding hydrogens is 410 g/mol. The van der Waals surface area contributed by atoms with Crippen LogP contribution in [0.1, 0.15) is 27.5 Å². The van der Waals surface area contributed by atoms with Gasteiger partial charge < -0.3 is 10.2 Å². The van der Waals surface area contributed by atoms with Crippen molar-refractivity contribution < 1.29 is 4.79 Å². The minimum atomic E-state index is -0.0592. The summed E-state index contributed by atoms with van der Waals surface area (Å²) < 4.78 is 1.11. The molecule has 148 valence electrons. The number of benzene rings is 2. The standard InChI is InChI=1S/C21H24ClN3OS2/c1-25(2)19(17-9-5-6-10-18(17)22)13-24-20(26)16-8-4-3-7-15(16)14-28-21-23-11-12-27-21/h3-10,19H,11-14H2,1-2H3,(H,24,26). The maximum Gasteiger partial charge on any atom is 0.251 e. The van der Waals surface area contributed by atoms with Crippen LogP contribution in [0.25, 0.3) is 0 Å². The second-order valence-electron chi connectivity index (χ2n) is 6.65. The summed E-state index contributed by atoms with van der Waals surface area (Å²) in [5.41, 5.74) is 2.75. The zero-order chi connectivity index (χ0) is 19.9. The van der Waals surface area contributed by atoms with E-state index in [1.807, 2.05) is 62.6 Å². The third kappa shape index (κ3) is 5.54. The first-order chi connectivity index (χ1) is 13.6. The predicted molar refractivity (Wildman–Crippen MR) is 123 cm³/mol. The van der Waals surface area contributed by atoms with Crippen molar-refractivity contribution >= 4 is 45.4 Å². The number of hydrogen-bond acceptors (Lipinski definition) is 5. The maximum absolute atomic E-state index is 12.9. The third-order valence-electron chi connectivity index (χ3n) is 4.51. The van der Waals surface area contributed by atoms with Crippen molar-refractivity contribution in [1.29, 1.82) is 0 Å². The summed E-state index contributed by atoms with van der Waals surface area (Å²) in [5, 5.41) is 3.80. The van der Waals surface area contributed by atoms with E-state index in [0.717, 1.165) is 39.1 Å². The van der Waals surface area contributed by atoms with Crippen LogP contribution in [-0.4, -0.2) is 48.1 Å². The quantitative estimate of drug-likeness (QED) is 0.686. The van der Waals surface area contributed by atoms with Gasteiger partial charge in [-0.05, 0) is 37.4 Å². The Morgan fingerprint density at radius 3 is 2.71 bits per heavy atom. The largest absolute Gasteiger partial charge is 0.350 e. The molecule has 2 aromatic carbocycles. The second kappa shape index (κ2) is 10.3. The van der Waals surface area contributed by atoms with E-state index in [2.05, 4.69) is 15.2 Å². The Morgan fingerprint density at radius 2 is 2.00 bits per heavy atom. The lowest BCUT2D eigenvalue weighted by Crippen LogP contribution is -2.35. The summed E-state index contributed by atoms with van der Waals surface area (Å²) in [6, 6.07) is 15.5. The first-order valence-corrected chi connectivity index (χ1v) is 11.5. The molecule has 1 N–H and O–H groups in total. The first kappa shape index (κ1) is 21.2. The summed E-state index contributed by atoms with van der Waals surface area (Å²) in [7, 11) is 3.98. The van der Waals surface area contributed by atoms with Crippen LogP contribution in [0.4, 0.5) is 0 Å². The highest BCUT2D eigenvalue weighted by Crippen LogP contribution is 2.27. The number of amides is 1. The molecule has 4 nitrogen and oxygen atoms in total. The Kier molecular flexibility index (Phi) is 7.85. The van der Waals surface area contributed by atoms with Gasteiger partial charge in [0.2, 0.25) is 0 Å². The van der Waals surface area contributed by atoms with Crippen molar-refractivity contribution in [2.45, 2.75) is 11.8 Å². The van der Waals surface area contributed by atoms with Gasteiger partial charge in [-0.15, -0.1) is 0 Å². The van der Waals surface area contributed by atoms with E-state index in [0.29, 0.717) is 11.6 Å². The summed E-state index contributed by atoms with van der Waals surface area (Å²) in [6.07, 6.45) is 0. The minimum Gasteiger partial charge on any atom is -0.350 e. The lowest BCUT2D eigenvalue weighted by Gasteiger charge is -2.26. The second-order valence-corrected chi connectivity index (χ2v) is 9.37. The monoisotopic (exact) mass is 433 g/mol. The van der Waals surface area contributed by atoms with Crippen LogP contribution in [0.15, 0.2) is 53.5 Å². The molecular formula is C21H24ClN3OS2. The molecule has 0 aromatic heterocycles. The van der Waals surface area contributed by atoms with Crippen LogP contribution in [0.5, 0.6) is 0 Å². The molecule has 2 aromatic rings. The smallest absolute Gasteiger partial charge is 0.251 e. The molecule has 1 amide bonds. The lowest BCUT2D eigenvalue weighted by molar-refractivity contribution is 0.0941. The zero-order valence-electron chi connectivity index (χ0n) is 16.0. The van der Waals surface area contributed by atoms with Gasteiger partial charge in [0, 0.05) is 28.6 Å². The number of hydrogen-bond donors (Lipinski definition) is 1. The van der Waals surface area contributed by atoms with E-state index in [1.54, 1.807) is 23.5 Å². The highest BCUT2D eigenvalue weighted by atomic mass is 35.5. The van der Waals surface area contributed by atoms with E-state index in [9.17, 15) is 4.79 Å². The molecule has 1 heterocycles. The average Bonchev–Trinajstić information content (AvgIpc) is 3.21. The number of likely N-dealkylation sites (N-methyl/N-ethyl adjacent to an activating group) is 1. The Bertz CT molecular complexity index is 857. The molecule has 0 saturated carbocycles. The molecule has 1 aliphatic heterocycles. The Balaban J connectivity index is 1.67. The van der Waals surface area contributed by atoms with Gasteiger partial charge >= 0.3 is 0 Å². The number of rotatable bonds is 7. The van der Waals surface area contributed by atoms with E-state index in [1.165, 1.54) is 0 Å². The molecule has 28 heavy (non-hydrogen) atoms. The molecule has 7 heteroatoms. The van der Waals surface area contributed by atoms with Crippen LogP contribution < -0.4 is 5.32 Å². The number of halogens is 1. The average molecular weight is 434 g/mol. The van der Waals surface area contributed by atoms with Crippen LogP contribution >= 0.6 is 35.1 Å². The van der Waals surface area contributed by atoms with Gasteiger partial charge in [0.25, 0.3) is 5.91 Å². The van der Waals surface area contributed by atoms with Crippen LogP contribution in [-0.2, 0) is 5.75 Å². The zero-order valence-corrected chi connectivity index (χ0v) is 18.4. The van der Waals surface area contributed by atoms with Crippen molar-refractivity contribution in [3.8, 4) is 0 Å². The number of nitrogens with zero attached hydrogens (tertiary/aromatic N) is 2. The van der Waals surface area contributed by atoms with Crippen molar-refractivity contribution in [3.63, 3.8) is 0 Å². The molecule has 0 spiro atoms. The van der Waals surface area contributed by atoms with Gasteiger partial charge in [-0.3, -0.25) is 9.79 Å². The molecule has 0 saturated heterocycles. The fourth-order valence-electron chi connectivity index (χ4n) is 3.01. The van der Waals surface area contributed by atoms with E-state index in [-0.39, 0.29) is 11.9 Å². The summed E-state index contributed by atoms with van der Waals surface area (Å²) in [5.74, 6) is 1.74. The van der Waals surface area contributed by atoms with Gasteiger partial charge in [-0.25, -0.2) is 0 Å². The maximum atomic E-state index is 12.9. The molecule has 1 unspecified atom stereocenters. The van der Waals surface area contributed by atoms with Gasteiger partial charge in [-0.2, -0.15) is 0 Å². The minimum absolute atomic E-state index is 0.00318. The molecule has 3 rings (SSSR count). The van der Waals surface area contributed by atoms with E-state index >= 15 is 0 Å². The van der Waals surface area contributed by atoms with Gasteiger partial charge in [-0.1, -0.05) is 71.5 Å². The first-order valence-electron chi connectivity index (χ1n) is 9.13. The Labute approximate surface area is 180 Å². The van der Waals surface area contributed by atoms with Gasteiger partial charge in [0.05, 0.1) is 12.6 Å². The summed E-state index contributed by atoms with van der Waals surface area (Å²) >= 11 is 9.86. The number of thioether (sulfide) groups is 2. The van der Waals surface area contributed by atoms with Crippen LogP contribution in [0.2, 0.25) is 5.02 Å². The molecule has 0 aliphatic carbocycles. The SMILES string of the molecule is CN(C)C(CNC(=O)c1ccccc1CSC1=NCCS1)c1ccccc1Cl. The normalized spacial score (nSPS) is 14.8. The van der Waals surface area contributed by atoms with Crippen molar-refractivity contribution in [2.75, 3.05) is 32.9 Å². The van der Waals surface area contributed by atoms with Crippen molar-refractivity contribution in [1.82, 2.24) is 10.2 Å². The van der Waals surface area contributed by atoms with Crippen molar-refractivity contribution in [3.05, 3.63) is 70.2 Å². The van der Waals surface area contributed by atoms with E-state index in [4.69, 9.17) is 11.6 Å². The van der Waals surface area contributed by atoms with Gasteiger partial charge in [0.15, 0.2) is 0 Å². The molecule has 1 aliphatic rings. The Hall–Kier alpha value is -1.47. The van der Waals surface area contributed by atoms with Crippen LogP contribution in [0.3, 0.4) is 0 Å². The van der Waals surface area contributed by atoms with E-state index < -0.39 is 0 Å². The molecule has 0 bridgehead atoms. The molecule has 0 fully saturated rings. The number of aliphatic imine (C=N–C) groups is 1. The topological polar surface area (TPSA) is 44.7 Å². The number of carbonyl (C=O) groups is 1. The Morgan fingerprint density at radius 1 is 1.25 bits per heavy atom. The van der Waals surface area contributed by atoms with Crippen LogP contribution in [0, 0.1) is 0 Å². The number of nitrogens with one attached hydrogen (secondary N) is 1. The fourth-order valence-corrected chi connectivity index (χ4v) is 5.29. The summed E-state index contributed by atoms with van der Waals surface area (Å²) in [6.45, 7) is 1.38. The highest BCUT2D eigenvalue weighted by Gasteiger charge is 2.19. The lowest BCUT2D eigenvalue weighted by atomic mass is 10.0. The van der Waals surface area contributed by atoms with Gasteiger partial charge in [0.1, 0.15) is 4.38 Å². The summed E-state index contributed by atoms with van der Waals surface area (Å²) in [4.78, 5) is 19.4. The van der Waals surface area contributed by atoms with Crippen molar-refractivity contribution in [2.24, 2.45) is 4.99 Å². The number of carbonyl (C=O) groups excluding carboxylic acids is 1. The molecule has 1 atom stereocenters. The highest BCUT2D eigenvalue weighted by molar-refractivity contribution is 8.38. The third-order valence-corrected chi connectivity index (χ3v) is 7.16.